The van der Waals surface area contributed by atoms with Crippen LogP contribution in [0.4, 0.5) is 13.2 Å². The number of amides is 1. The van der Waals surface area contributed by atoms with E-state index < -0.39 is 17.5 Å². The van der Waals surface area contributed by atoms with Gasteiger partial charge in [0.25, 0.3) is 5.91 Å². The molecular weight excluding hydrogens is 445 g/mol. The van der Waals surface area contributed by atoms with E-state index in [-0.39, 0.29) is 23.6 Å². The van der Waals surface area contributed by atoms with Gasteiger partial charge in [0.2, 0.25) is 0 Å². The van der Waals surface area contributed by atoms with Gasteiger partial charge in [0, 0.05) is 36.6 Å². The predicted molar refractivity (Wildman–Crippen MR) is 116 cm³/mol. The first-order valence-electron chi connectivity index (χ1n) is 11.2. The number of benzene rings is 1. The van der Waals surface area contributed by atoms with Crippen molar-refractivity contribution < 1.29 is 18.0 Å². The van der Waals surface area contributed by atoms with Crippen LogP contribution in [0.2, 0.25) is 0 Å². The number of hydrogen-bond donors (Lipinski definition) is 0. The van der Waals surface area contributed by atoms with Crippen LogP contribution in [0.15, 0.2) is 30.7 Å². The van der Waals surface area contributed by atoms with Crippen LogP contribution < -0.4 is 0 Å². The van der Waals surface area contributed by atoms with Crippen molar-refractivity contribution in [3.63, 3.8) is 0 Å². The summed E-state index contributed by atoms with van der Waals surface area (Å²) in [5.74, 6) is -4.13. The molecule has 10 heteroatoms. The monoisotopic (exact) mass is 466 g/mol. The highest BCUT2D eigenvalue weighted by Gasteiger charge is 2.44. The van der Waals surface area contributed by atoms with Gasteiger partial charge >= 0.3 is 0 Å². The van der Waals surface area contributed by atoms with Crippen molar-refractivity contribution in [1.82, 2.24) is 29.3 Å². The molecule has 2 aliphatic heterocycles. The first kappa shape index (κ1) is 20.9. The fourth-order valence-corrected chi connectivity index (χ4v) is 5.46. The first-order chi connectivity index (χ1) is 16.3. The number of aromatic nitrogens is 5. The lowest BCUT2D eigenvalue weighted by Crippen LogP contribution is -2.49. The SMILES string of the molecule is Cc1cnc2c(C(=O)N3C4CCCC3c3nn(C)c(-c5cc(F)c(F)c(F)c5)c3C4)cnn2c1. The first-order valence-corrected chi connectivity index (χ1v) is 11.2. The third kappa shape index (κ3) is 2.97. The third-order valence-corrected chi connectivity index (χ3v) is 6.88. The van der Waals surface area contributed by atoms with E-state index in [0.717, 1.165) is 42.5 Å². The van der Waals surface area contributed by atoms with E-state index in [9.17, 15) is 18.0 Å². The van der Waals surface area contributed by atoms with Crippen molar-refractivity contribution in [3.8, 4) is 11.3 Å². The fourth-order valence-electron chi connectivity index (χ4n) is 5.46. The molecule has 34 heavy (non-hydrogen) atoms. The molecule has 2 aliphatic rings. The molecule has 1 aromatic carbocycles. The van der Waals surface area contributed by atoms with Gasteiger partial charge in [0.1, 0.15) is 5.56 Å². The Labute approximate surface area is 192 Å². The molecule has 1 fully saturated rings. The molecule has 0 aliphatic carbocycles. The van der Waals surface area contributed by atoms with Gasteiger partial charge in [-0.1, -0.05) is 0 Å². The second-order valence-electron chi connectivity index (χ2n) is 9.06. The van der Waals surface area contributed by atoms with E-state index in [2.05, 4.69) is 15.2 Å². The molecule has 6 rings (SSSR count). The van der Waals surface area contributed by atoms with Gasteiger partial charge in [-0.05, 0) is 50.3 Å². The van der Waals surface area contributed by atoms with Crippen molar-refractivity contribution >= 4 is 11.6 Å². The number of carbonyl (C=O) groups is 1. The zero-order chi connectivity index (χ0) is 23.7. The average molecular weight is 466 g/mol. The smallest absolute Gasteiger partial charge is 0.260 e. The van der Waals surface area contributed by atoms with E-state index >= 15 is 0 Å². The summed E-state index contributed by atoms with van der Waals surface area (Å²) in [6.45, 7) is 1.91. The number of fused-ring (bicyclic) bond motifs is 5. The van der Waals surface area contributed by atoms with E-state index in [1.54, 1.807) is 28.6 Å². The number of halogens is 3. The summed E-state index contributed by atoms with van der Waals surface area (Å²) in [7, 11) is 1.69. The summed E-state index contributed by atoms with van der Waals surface area (Å²) in [6.07, 6.45) is 8.03. The Morgan fingerprint density at radius 2 is 1.88 bits per heavy atom. The summed E-state index contributed by atoms with van der Waals surface area (Å²) in [5.41, 5.74) is 4.20. The van der Waals surface area contributed by atoms with Crippen LogP contribution >= 0.6 is 0 Å². The molecule has 0 N–H and O–H groups in total. The largest absolute Gasteiger partial charge is 0.326 e. The molecule has 2 unspecified atom stereocenters. The summed E-state index contributed by atoms with van der Waals surface area (Å²) >= 11 is 0. The zero-order valence-corrected chi connectivity index (χ0v) is 18.6. The van der Waals surface area contributed by atoms with Crippen LogP contribution in [0.1, 0.15) is 52.5 Å². The number of aryl methyl sites for hydroxylation is 2. The van der Waals surface area contributed by atoms with Crippen LogP contribution in [-0.4, -0.2) is 41.2 Å². The average Bonchev–Trinajstić information content (AvgIpc) is 3.36. The molecule has 1 saturated heterocycles. The lowest BCUT2D eigenvalue weighted by molar-refractivity contribution is 0.0393. The summed E-state index contributed by atoms with van der Waals surface area (Å²) in [4.78, 5) is 20.0. The van der Waals surface area contributed by atoms with E-state index in [1.165, 1.54) is 0 Å². The van der Waals surface area contributed by atoms with Gasteiger partial charge in [0.15, 0.2) is 23.1 Å². The summed E-state index contributed by atoms with van der Waals surface area (Å²) in [6, 6.07) is 1.62. The number of piperidine rings is 1. The maximum Gasteiger partial charge on any atom is 0.260 e. The quantitative estimate of drug-likeness (QED) is 0.417. The Morgan fingerprint density at radius 1 is 1.12 bits per heavy atom. The maximum absolute atomic E-state index is 14.0. The van der Waals surface area contributed by atoms with Crippen LogP contribution in [0.25, 0.3) is 16.9 Å². The second-order valence-corrected chi connectivity index (χ2v) is 9.06. The van der Waals surface area contributed by atoms with Gasteiger partial charge in [-0.25, -0.2) is 22.7 Å². The summed E-state index contributed by atoms with van der Waals surface area (Å²) in [5, 5.41) is 8.97. The Kier molecular flexibility index (Phi) is 4.55. The topological polar surface area (TPSA) is 68.3 Å². The van der Waals surface area contributed by atoms with E-state index in [4.69, 9.17) is 0 Å². The Morgan fingerprint density at radius 3 is 2.65 bits per heavy atom. The van der Waals surface area contributed by atoms with Crippen molar-refractivity contribution in [2.75, 3.05) is 0 Å². The minimum Gasteiger partial charge on any atom is -0.326 e. The van der Waals surface area contributed by atoms with E-state index in [0.29, 0.717) is 29.0 Å². The Hall–Kier alpha value is -3.69. The minimum absolute atomic E-state index is 0.0998. The Bertz CT molecular complexity index is 1450. The molecule has 0 radical (unpaired) electrons. The number of rotatable bonds is 2. The predicted octanol–water partition coefficient (Wildman–Crippen LogP) is 4.15. The zero-order valence-electron chi connectivity index (χ0n) is 18.6. The van der Waals surface area contributed by atoms with Gasteiger partial charge in [0.05, 0.1) is 23.6 Å². The lowest BCUT2D eigenvalue weighted by Gasteiger charge is -2.45. The van der Waals surface area contributed by atoms with Crippen molar-refractivity contribution in [3.05, 3.63) is 70.6 Å². The number of hydrogen-bond acceptors (Lipinski definition) is 4. The lowest BCUT2D eigenvalue weighted by atomic mass is 9.81. The minimum atomic E-state index is -1.49. The number of nitrogens with zero attached hydrogens (tertiary/aromatic N) is 6. The molecule has 7 nitrogen and oxygen atoms in total. The van der Waals surface area contributed by atoms with Crippen LogP contribution in [0.5, 0.6) is 0 Å². The van der Waals surface area contributed by atoms with Crippen LogP contribution in [-0.2, 0) is 13.5 Å². The maximum atomic E-state index is 14.0. The molecule has 2 atom stereocenters. The highest BCUT2D eigenvalue weighted by atomic mass is 19.2. The molecule has 0 spiro atoms. The molecule has 4 aromatic rings. The van der Waals surface area contributed by atoms with Gasteiger partial charge in [-0.3, -0.25) is 9.48 Å². The molecule has 1 amide bonds. The second kappa shape index (κ2) is 7.41. The van der Waals surface area contributed by atoms with E-state index in [1.807, 2.05) is 18.0 Å². The van der Waals surface area contributed by atoms with Crippen LogP contribution in [0.3, 0.4) is 0 Å². The Balaban J connectivity index is 1.44. The molecule has 0 saturated carbocycles. The highest BCUT2D eigenvalue weighted by molar-refractivity contribution is 6.00. The van der Waals surface area contributed by atoms with Gasteiger partial charge in [-0.2, -0.15) is 10.2 Å². The molecule has 2 bridgehead atoms. The highest BCUT2D eigenvalue weighted by Crippen LogP contribution is 2.45. The van der Waals surface area contributed by atoms with Crippen molar-refractivity contribution in [2.24, 2.45) is 7.05 Å². The van der Waals surface area contributed by atoms with Crippen LogP contribution in [0, 0.1) is 24.4 Å². The standard InChI is InChI=1S/C24H21F3N6O/c1-12-9-28-23-16(10-29-32(23)11-12)24(34)33-14-4-3-5-19(33)21-15(8-14)22(31(2)30-21)13-6-17(25)20(27)18(26)7-13/h6-7,9-11,14,19H,3-5,8H2,1-2H3. The summed E-state index contributed by atoms with van der Waals surface area (Å²) < 4.78 is 44.7. The third-order valence-electron chi connectivity index (χ3n) is 6.88. The van der Waals surface area contributed by atoms with Crippen molar-refractivity contribution in [1.29, 1.82) is 0 Å². The van der Waals surface area contributed by atoms with Crippen molar-refractivity contribution in [2.45, 2.75) is 44.7 Å². The number of carbonyl (C=O) groups excluding carboxylic acids is 1. The molecule has 5 heterocycles. The molecule has 3 aromatic heterocycles. The fraction of sp³-hybridized carbons (Fsp3) is 0.333. The van der Waals surface area contributed by atoms with Gasteiger partial charge in [-0.15, -0.1) is 0 Å². The van der Waals surface area contributed by atoms with Gasteiger partial charge < -0.3 is 4.90 Å². The molecule has 174 valence electrons. The molecular formula is C24H21F3N6O. The normalized spacial score (nSPS) is 19.5.